The van der Waals surface area contributed by atoms with E-state index in [1.165, 1.54) is 67.6 Å². The summed E-state index contributed by atoms with van der Waals surface area (Å²) in [6.07, 6.45) is 6.51. The number of nitrogens with zero attached hydrogens (tertiary/aromatic N) is 2. The molecule has 4 rings (SSSR count). The summed E-state index contributed by atoms with van der Waals surface area (Å²) >= 11 is 0. The van der Waals surface area contributed by atoms with Crippen molar-refractivity contribution in [3.8, 4) is 0 Å². The second-order valence-electron chi connectivity index (χ2n) is 6.54. The van der Waals surface area contributed by atoms with Gasteiger partial charge in [-0.3, -0.25) is 0 Å². The molecule has 3 nitrogen and oxygen atoms in total. The van der Waals surface area contributed by atoms with Gasteiger partial charge in [-0.05, 0) is 68.8 Å². The second-order valence-corrected chi connectivity index (χ2v) is 6.54. The van der Waals surface area contributed by atoms with Crippen LogP contribution in [0.2, 0.25) is 0 Å². The van der Waals surface area contributed by atoms with Crippen LogP contribution in [-0.4, -0.2) is 22.6 Å². The fraction of sp³-hybridized carbons (Fsp3) is 0.588. The average molecular weight is 269 g/mol. The Morgan fingerprint density at radius 2 is 2.20 bits per heavy atom. The molecular formula is C17H23N3. The third-order valence-electron chi connectivity index (χ3n) is 4.85. The second kappa shape index (κ2) is 4.88. The molecule has 0 amide bonds. The molecule has 1 saturated carbocycles. The molecule has 1 N–H and O–H groups in total. The van der Waals surface area contributed by atoms with E-state index in [1.807, 2.05) is 0 Å². The monoisotopic (exact) mass is 269 g/mol. The lowest BCUT2D eigenvalue weighted by molar-refractivity contribution is 0.376. The van der Waals surface area contributed by atoms with Crippen LogP contribution in [0.4, 0.5) is 0 Å². The van der Waals surface area contributed by atoms with E-state index in [1.54, 1.807) is 0 Å². The van der Waals surface area contributed by atoms with Crippen LogP contribution in [0.3, 0.4) is 0 Å². The normalized spacial score (nSPS) is 23.4. The van der Waals surface area contributed by atoms with E-state index >= 15 is 0 Å². The summed E-state index contributed by atoms with van der Waals surface area (Å²) in [6.45, 7) is 2.37. The van der Waals surface area contributed by atoms with Crippen LogP contribution in [0, 0.1) is 5.92 Å². The van der Waals surface area contributed by atoms with Crippen molar-refractivity contribution in [1.82, 2.24) is 14.9 Å². The van der Waals surface area contributed by atoms with Crippen LogP contribution in [0.1, 0.15) is 43.0 Å². The summed E-state index contributed by atoms with van der Waals surface area (Å²) in [6, 6.07) is 6.88. The Hall–Kier alpha value is -1.35. The highest BCUT2D eigenvalue weighted by atomic mass is 15.1. The maximum atomic E-state index is 4.88. The lowest BCUT2D eigenvalue weighted by Crippen LogP contribution is -2.30. The molecule has 2 fully saturated rings. The standard InChI is InChI=1S/C17H23N3/c1-20-16-7-4-12(9-13-3-2-8-18-11-13)10-15(16)19-17(20)14-5-6-14/h4,7,10,13-14,18H,2-3,5-6,8-9,11H2,1H3. The third kappa shape index (κ3) is 2.24. The molecule has 106 valence electrons. The highest BCUT2D eigenvalue weighted by Crippen LogP contribution is 2.40. The van der Waals surface area contributed by atoms with Crippen molar-refractivity contribution in [2.24, 2.45) is 13.0 Å². The first-order valence-corrected chi connectivity index (χ1v) is 7.97. The number of aryl methyl sites for hydroxylation is 1. The van der Waals surface area contributed by atoms with Crippen LogP contribution in [0.25, 0.3) is 11.0 Å². The number of imidazole rings is 1. The molecule has 1 unspecified atom stereocenters. The number of rotatable bonds is 3. The summed E-state index contributed by atoms with van der Waals surface area (Å²) < 4.78 is 2.29. The summed E-state index contributed by atoms with van der Waals surface area (Å²) in [7, 11) is 2.16. The first kappa shape index (κ1) is 12.4. The van der Waals surface area contributed by atoms with Crippen LogP contribution < -0.4 is 5.32 Å². The Morgan fingerprint density at radius 3 is 2.95 bits per heavy atom. The summed E-state index contributed by atoms with van der Waals surface area (Å²) in [4.78, 5) is 4.88. The predicted molar refractivity (Wildman–Crippen MR) is 82.0 cm³/mol. The highest BCUT2D eigenvalue weighted by Gasteiger charge is 2.28. The van der Waals surface area contributed by atoms with Crippen LogP contribution in [0.5, 0.6) is 0 Å². The Labute approximate surface area is 120 Å². The van der Waals surface area contributed by atoms with Crippen molar-refractivity contribution in [3.05, 3.63) is 29.6 Å². The van der Waals surface area contributed by atoms with Gasteiger partial charge in [0.15, 0.2) is 0 Å². The quantitative estimate of drug-likeness (QED) is 0.928. The van der Waals surface area contributed by atoms with Crippen molar-refractivity contribution < 1.29 is 0 Å². The van der Waals surface area contributed by atoms with Gasteiger partial charge in [0.2, 0.25) is 0 Å². The minimum absolute atomic E-state index is 0.721. The lowest BCUT2D eigenvalue weighted by Gasteiger charge is -2.22. The van der Waals surface area contributed by atoms with Crippen molar-refractivity contribution in [2.75, 3.05) is 13.1 Å². The van der Waals surface area contributed by atoms with Crippen LogP contribution >= 0.6 is 0 Å². The number of benzene rings is 1. The molecule has 1 aliphatic carbocycles. The van der Waals surface area contributed by atoms with E-state index in [0.717, 1.165) is 11.8 Å². The smallest absolute Gasteiger partial charge is 0.112 e. The number of fused-ring (bicyclic) bond motifs is 1. The van der Waals surface area contributed by atoms with Crippen molar-refractivity contribution >= 4 is 11.0 Å². The zero-order valence-electron chi connectivity index (χ0n) is 12.2. The maximum Gasteiger partial charge on any atom is 0.112 e. The SMILES string of the molecule is Cn1c(C2CC2)nc2cc(CC3CCCNC3)ccc21. The molecule has 0 bridgehead atoms. The van der Waals surface area contributed by atoms with Gasteiger partial charge in [-0.25, -0.2) is 4.98 Å². The van der Waals surface area contributed by atoms with E-state index in [9.17, 15) is 0 Å². The first-order valence-electron chi connectivity index (χ1n) is 7.97. The van der Waals surface area contributed by atoms with Gasteiger partial charge in [0.1, 0.15) is 5.82 Å². The van der Waals surface area contributed by atoms with Crippen molar-refractivity contribution in [3.63, 3.8) is 0 Å². The fourth-order valence-corrected chi connectivity index (χ4v) is 3.53. The first-order chi connectivity index (χ1) is 9.81. The van der Waals surface area contributed by atoms with Gasteiger partial charge in [-0.15, -0.1) is 0 Å². The topological polar surface area (TPSA) is 29.9 Å². The van der Waals surface area contributed by atoms with Gasteiger partial charge < -0.3 is 9.88 Å². The summed E-state index contributed by atoms with van der Waals surface area (Å²) in [5.74, 6) is 2.81. The van der Waals surface area contributed by atoms with Gasteiger partial charge in [-0.2, -0.15) is 0 Å². The number of hydrogen-bond donors (Lipinski definition) is 1. The Morgan fingerprint density at radius 1 is 1.30 bits per heavy atom. The number of piperidine rings is 1. The van der Waals surface area contributed by atoms with E-state index in [-0.39, 0.29) is 0 Å². The van der Waals surface area contributed by atoms with Gasteiger partial charge in [0.25, 0.3) is 0 Å². The number of nitrogens with one attached hydrogen (secondary N) is 1. The molecule has 1 aliphatic heterocycles. The fourth-order valence-electron chi connectivity index (χ4n) is 3.53. The molecule has 20 heavy (non-hydrogen) atoms. The molecule has 0 spiro atoms. The summed E-state index contributed by atoms with van der Waals surface area (Å²) in [5.41, 5.74) is 3.93. The van der Waals surface area contributed by atoms with Gasteiger partial charge in [0, 0.05) is 13.0 Å². The van der Waals surface area contributed by atoms with E-state index in [2.05, 4.69) is 35.1 Å². The van der Waals surface area contributed by atoms with E-state index in [0.29, 0.717) is 0 Å². The summed E-state index contributed by atoms with van der Waals surface area (Å²) in [5, 5.41) is 3.51. The van der Waals surface area contributed by atoms with Crippen LogP contribution in [-0.2, 0) is 13.5 Å². The molecule has 0 radical (unpaired) electrons. The Kier molecular flexibility index (Phi) is 3.03. The third-order valence-corrected chi connectivity index (χ3v) is 4.85. The van der Waals surface area contributed by atoms with Crippen molar-refractivity contribution in [2.45, 2.75) is 38.0 Å². The maximum absolute atomic E-state index is 4.88. The van der Waals surface area contributed by atoms with Gasteiger partial charge in [0.05, 0.1) is 11.0 Å². The molecule has 2 aliphatic rings. The lowest BCUT2D eigenvalue weighted by atomic mass is 9.92. The number of hydrogen-bond acceptors (Lipinski definition) is 2. The Bertz CT molecular complexity index is 618. The number of aromatic nitrogens is 2. The van der Waals surface area contributed by atoms with Crippen molar-refractivity contribution in [1.29, 1.82) is 0 Å². The Balaban J connectivity index is 1.61. The molecule has 2 aromatic rings. The largest absolute Gasteiger partial charge is 0.331 e. The van der Waals surface area contributed by atoms with E-state index < -0.39 is 0 Å². The van der Waals surface area contributed by atoms with Gasteiger partial charge in [-0.1, -0.05) is 6.07 Å². The van der Waals surface area contributed by atoms with E-state index in [4.69, 9.17) is 4.98 Å². The minimum atomic E-state index is 0.721. The average Bonchev–Trinajstić information content (AvgIpc) is 3.26. The zero-order valence-corrected chi connectivity index (χ0v) is 12.2. The van der Waals surface area contributed by atoms with Crippen LogP contribution in [0.15, 0.2) is 18.2 Å². The molecule has 3 heteroatoms. The molecule has 1 aromatic carbocycles. The van der Waals surface area contributed by atoms with Gasteiger partial charge >= 0.3 is 0 Å². The molecule has 1 aromatic heterocycles. The molecule has 2 heterocycles. The predicted octanol–water partition coefficient (Wildman–Crippen LogP) is 2.99. The molecule has 1 atom stereocenters. The highest BCUT2D eigenvalue weighted by molar-refractivity contribution is 5.77. The zero-order chi connectivity index (χ0) is 13.5. The molecular weight excluding hydrogens is 246 g/mol. The molecule has 1 saturated heterocycles. The minimum Gasteiger partial charge on any atom is -0.331 e.